The van der Waals surface area contributed by atoms with Gasteiger partial charge in [0.2, 0.25) is 0 Å². The van der Waals surface area contributed by atoms with Crippen molar-refractivity contribution in [1.82, 2.24) is 0 Å². The van der Waals surface area contributed by atoms with Gasteiger partial charge in [-0.2, -0.15) is 0 Å². The average Bonchev–Trinajstić information content (AvgIpc) is 2.15. The van der Waals surface area contributed by atoms with Gasteiger partial charge in [0.1, 0.15) is 0 Å². The van der Waals surface area contributed by atoms with Gasteiger partial charge < -0.3 is 14.6 Å². The summed E-state index contributed by atoms with van der Waals surface area (Å²) in [5.74, 6) is -1.93. The van der Waals surface area contributed by atoms with E-state index in [0.29, 0.717) is 0 Å². The summed E-state index contributed by atoms with van der Waals surface area (Å²) >= 11 is 0. The number of halogens is 1. The minimum absolute atomic E-state index is 0.0307. The van der Waals surface area contributed by atoms with E-state index in [1.54, 1.807) is 0 Å². The first-order valence-electron chi connectivity index (χ1n) is 3.79. The van der Waals surface area contributed by atoms with Crippen LogP contribution in [0.25, 0.3) is 0 Å². The summed E-state index contributed by atoms with van der Waals surface area (Å²) in [5, 5.41) is 8.54. The number of benzene rings is 1. The molecule has 0 spiro atoms. The van der Waals surface area contributed by atoms with Crippen LogP contribution in [0.15, 0.2) is 18.2 Å². The highest BCUT2D eigenvalue weighted by atomic mass is 19.1. The van der Waals surface area contributed by atoms with Gasteiger partial charge in [0, 0.05) is 7.11 Å². The zero-order chi connectivity index (χ0) is 10.6. The lowest BCUT2D eigenvalue weighted by molar-refractivity contribution is 0.0482. The van der Waals surface area contributed by atoms with Gasteiger partial charge in [-0.05, 0) is 18.2 Å². The standard InChI is InChI=1S/C9H9FO4/c1-13-5-14-8-3-2-6(9(11)12)4-7(8)10/h2-4H,5H2,1H3,(H,11,12). The van der Waals surface area contributed by atoms with Crippen LogP contribution in [0, 0.1) is 5.82 Å². The molecule has 0 aliphatic carbocycles. The molecule has 4 nitrogen and oxygen atoms in total. The van der Waals surface area contributed by atoms with E-state index in [9.17, 15) is 9.18 Å². The number of carboxylic acid groups (broad SMARTS) is 1. The summed E-state index contributed by atoms with van der Waals surface area (Å²) in [4.78, 5) is 10.4. The smallest absolute Gasteiger partial charge is 0.335 e. The van der Waals surface area contributed by atoms with E-state index in [0.717, 1.165) is 6.07 Å². The van der Waals surface area contributed by atoms with Crippen LogP contribution in [0.5, 0.6) is 5.75 Å². The first-order chi connectivity index (χ1) is 6.65. The van der Waals surface area contributed by atoms with Crippen molar-refractivity contribution in [1.29, 1.82) is 0 Å². The molecule has 1 rings (SSSR count). The highest BCUT2D eigenvalue weighted by Crippen LogP contribution is 2.18. The third-order valence-electron chi connectivity index (χ3n) is 1.51. The van der Waals surface area contributed by atoms with Gasteiger partial charge in [0.15, 0.2) is 18.4 Å². The third kappa shape index (κ3) is 2.43. The van der Waals surface area contributed by atoms with Crippen LogP contribution in [-0.2, 0) is 4.74 Å². The van der Waals surface area contributed by atoms with E-state index in [1.807, 2.05) is 0 Å². The zero-order valence-electron chi connectivity index (χ0n) is 7.49. The van der Waals surface area contributed by atoms with Crippen molar-refractivity contribution in [2.24, 2.45) is 0 Å². The van der Waals surface area contributed by atoms with Crippen molar-refractivity contribution in [2.45, 2.75) is 0 Å². The molecule has 1 N–H and O–H groups in total. The fraction of sp³-hybridized carbons (Fsp3) is 0.222. The first-order valence-corrected chi connectivity index (χ1v) is 3.79. The molecule has 0 aliphatic heterocycles. The van der Waals surface area contributed by atoms with Crippen LogP contribution >= 0.6 is 0 Å². The van der Waals surface area contributed by atoms with E-state index in [2.05, 4.69) is 4.74 Å². The zero-order valence-corrected chi connectivity index (χ0v) is 7.49. The highest BCUT2D eigenvalue weighted by molar-refractivity contribution is 5.87. The van der Waals surface area contributed by atoms with Crippen molar-refractivity contribution in [3.8, 4) is 5.75 Å². The number of hydrogen-bond acceptors (Lipinski definition) is 3. The van der Waals surface area contributed by atoms with Gasteiger partial charge in [-0.3, -0.25) is 0 Å². The predicted octanol–water partition coefficient (Wildman–Crippen LogP) is 1.51. The van der Waals surface area contributed by atoms with Gasteiger partial charge in [-0.15, -0.1) is 0 Å². The predicted molar refractivity (Wildman–Crippen MR) is 45.9 cm³/mol. The lowest BCUT2D eigenvalue weighted by Crippen LogP contribution is -2.02. The number of carbonyl (C=O) groups is 1. The van der Waals surface area contributed by atoms with Gasteiger partial charge in [-0.25, -0.2) is 9.18 Å². The van der Waals surface area contributed by atoms with Crippen molar-refractivity contribution in [2.75, 3.05) is 13.9 Å². The van der Waals surface area contributed by atoms with Gasteiger partial charge in [0.25, 0.3) is 0 Å². The Morgan fingerprint density at radius 1 is 1.57 bits per heavy atom. The number of aromatic carboxylic acids is 1. The molecule has 0 radical (unpaired) electrons. The van der Waals surface area contributed by atoms with Gasteiger partial charge in [-0.1, -0.05) is 0 Å². The molecule has 0 saturated heterocycles. The molecule has 0 aliphatic rings. The minimum atomic E-state index is -1.18. The van der Waals surface area contributed by atoms with Crippen LogP contribution in [0.2, 0.25) is 0 Å². The summed E-state index contributed by atoms with van der Waals surface area (Å²) < 4.78 is 22.5. The van der Waals surface area contributed by atoms with Crippen LogP contribution in [0.3, 0.4) is 0 Å². The lowest BCUT2D eigenvalue weighted by Gasteiger charge is -2.05. The monoisotopic (exact) mass is 200 g/mol. The maximum absolute atomic E-state index is 13.1. The van der Waals surface area contributed by atoms with Crippen LogP contribution in [-0.4, -0.2) is 25.0 Å². The highest BCUT2D eigenvalue weighted by Gasteiger charge is 2.08. The molecule has 0 heterocycles. The van der Waals surface area contributed by atoms with Crippen molar-refractivity contribution >= 4 is 5.97 Å². The Balaban J connectivity index is 2.84. The van der Waals surface area contributed by atoms with E-state index in [4.69, 9.17) is 9.84 Å². The third-order valence-corrected chi connectivity index (χ3v) is 1.51. The largest absolute Gasteiger partial charge is 0.478 e. The Morgan fingerprint density at radius 2 is 2.29 bits per heavy atom. The Morgan fingerprint density at radius 3 is 2.79 bits per heavy atom. The molecule has 76 valence electrons. The Hall–Kier alpha value is -1.62. The minimum Gasteiger partial charge on any atom is -0.478 e. The molecule has 0 unspecified atom stereocenters. The Labute approximate surface area is 79.9 Å². The number of ether oxygens (including phenoxy) is 2. The molecule has 1 aromatic carbocycles. The molecule has 0 aromatic heterocycles. The molecule has 0 amide bonds. The van der Waals surface area contributed by atoms with E-state index in [-0.39, 0.29) is 18.1 Å². The fourth-order valence-corrected chi connectivity index (χ4v) is 0.873. The van der Waals surface area contributed by atoms with E-state index >= 15 is 0 Å². The molecule has 14 heavy (non-hydrogen) atoms. The Kier molecular flexibility index (Phi) is 3.41. The van der Waals surface area contributed by atoms with Crippen molar-refractivity contribution in [3.63, 3.8) is 0 Å². The topological polar surface area (TPSA) is 55.8 Å². The van der Waals surface area contributed by atoms with Gasteiger partial charge in [0.05, 0.1) is 5.56 Å². The quantitative estimate of drug-likeness (QED) is 0.748. The number of carboxylic acids is 1. The second-order valence-corrected chi connectivity index (χ2v) is 2.50. The summed E-state index contributed by atoms with van der Waals surface area (Å²) in [6.07, 6.45) is 0. The molecule has 1 aromatic rings. The first kappa shape index (κ1) is 10.5. The molecular weight excluding hydrogens is 191 g/mol. The van der Waals surface area contributed by atoms with Crippen molar-refractivity contribution in [3.05, 3.63) is 29.6 Å². The van der Waals surface area contributed by atoms with Gasteiger partial charge >= 0.3 is 5.97 Å². The average molecular weight is 200 g/mol. The lowest BCUT2D eigenvalue weighted by atomic mass is 10.2. The molecule has 0 bridgehead atoms. The second kappa shape index (κ2) is 4.57. The molecule has 0 fully saturated rings. The van der Waals surface area contributed by atoms with E-state index in [1.165, 1.54) is 19.2 Å². The SMILES string of the molecule is COCOc1ccc(C(=O)O)cc1F. The molecular formula is C9H9FO4. The Bertz CT molecular complexity index is 338. The fourth-order valence-electron chi connectivity index (χ4n) is 0.873. The summed E-state index contributed by atoms with van der Waals surface area (Å²) in [6.45, 7) is -0.0800. The number of methoxy groups -OCH3 is 1. The maximum Gasteiger partial charge on any atom is 0.335 e. The maximum atomic E-state index is 13.1. The van der Waals surface area contributed by atoms with Crippen LogP contribution in [0.1, 0.15) is 10.4 Å². The molecule has 0 atom stereocenters. The van der Waals surface area contributed by atoms with Crippen molar-refractivity contribution < 1.29 is 23.8 Å². The number of rotatable bonds is 4. The molecule has 0 saturated carbocycles. The summed E-state index contributed by atoms with van der Waals surface area (Å²) in [7, 11) is 1.41. The summed E-state index contributed by atoms with van der Waals surface area (Å²) in [6, 6.07) is 3.40. The van der Waals surface area contributed by atoms with Crippen LogP contribution in [0.4, 0.5) is 4.39 Å². The molecule has 5 heteroatoms. The summed E-state index contributed by atoms with van der Waals surface area (Å²) in [5.41, 5.74) is -0.118. The van der Waals surface area contributed by atoms with E-state index < -0.39 is 11.8 Å². The van der Waals surface area contributed by atoms with Crippen LogP contribution < -0.4 is 4.74 Å². The second-order valence-electron chi connectivity index (χ2n) is 2.50. The normalized spacial score (nSPS) is 9.86. The number of hydrogen-bond donors (Lipinski definition) is 1.